The summed E-state index contributed by atoms with van der Waals surface area (Å²) in [4.78, 5) is 11.5. The lowest BCUT2D eigenvalue weighted by Crippen LogP contribution is -2.05. The number of thioether (sulfide) groups is 1. The van der Waals surface area contributed by atoms with Gasteiger partial charge in [0.05, 0.1) is 6.61 Å². The molecule has 1 aliphatic heterocycles. The highest BCUT2D eigenvalue weighted by Gasteiger charge is 2.36. The first-order chi connectivity index (χ1) is 12.3. The largest absolute Gasteiger partial charge is 0.466 e. The zero-order chi connectivity index (χ0) is 18.2. The Morgan fingerprint density at radius 2 is 1.24 bits per heavy atom. The molecule has 0 saturated carbocycles. The zero-order valence-electron chi connectivity index (χ0n) is 16.9. The number of esters is 1. The molecule has 0 radical (unpaired) electrons. The Labute approximate surface area is 161 Å². The van der Waals surface area contributed by atoms with Gasteiger partial charge in [-0.1, -0.05) is 84.5 Å². The van der Waals surface area contributed by atoms with Crippen molar-refractivity contribution in [2.24, 2.45) is 0 Å². The van der Waals surface area contributed by atoms with E-state index in [2.05, 4.69) is 25.6 Å². The van der Waals surface area contributed by atoms with Crippen LogP contribution in [0.3, 0.4) is 0 Å². The number of carbonyl (C=O) groups is 1. The van der Waals surface area contributed by atoms with Crippen LogP contribution in [0, 0.1) is 0 Å². The van der Waals surface area contributed by atoms with Crippen molar-refractivity contribution in [2.75, 3.05) is 6.61 Å². The third-order valence-electron chi connectivity index (χ3n) is 5.16. The summed E-state index contributed by atoms with van der Waals surface area (Å²) >= 11 is 2.23. The molecule has 0 aromatic heterocycles. The van der Waals surface area contributed by atoms with Crippen molar-refractivity contribution >= 4 is 17.7 Å². The average Bonchev–Trinajstić information content (AvgIpc) is 3.35. The number of carbonyl (C=O) groups excluding carboxylic acids is 1. The van der Waals surface area contributed by atoms with Crippen LogP contribution in [0.1, 0.15) is 117 Å². The minimum atomic E-state index is 0.000339. The fourth-order valence-electron chi connectivity index (χ4n) is 3.36. The SMILES string of the molecule is CCCCCCCCC1SC1CCCCCCCC(=O)OCCCC. The fourth-order valence-corrected chi connectivity index (χ4v) is 4.60. The number of unbranched alkanes of at least 4 members (excludes halogenated alkanes) is 10. The van der Waals surface area contributed by atoms with Gasteiger partial charge in [0, 0.05) is 16.9 Å². The number of ether oxygens (including phenoxy) is 1. The van der Waals surface area contributed by atoms with Crippen LogP contribution in [0.4, 0.5) is 0 Å². The molecule has 1 aliphatic rings. The van der Waals surface area contributed by atoms with E-state index in [0.717, 1.165) is 29.8 Å². The highest BCUT2D eigenvalue weighted by Crippen LogP contribution is 2.47. The Morgan fingerprint density at radius 3 is 1.84 bits per heavy atom. The van der Waals surface area contributed by atoms with Gasteiger partial charge in [-0.05, 0) is 25.7 Å². The summed E-state index contributed by atoms with van der Waals surface area (Å²) in [6.45, 7) is 5.01. The minimum absolute atomic E-state index is 0.000339. The first kappa shape index (κ1) is 22.9. The van der Waals surface area contributed by atoms with Gasteiger partial charge in [-0.2, -0.15) is 11.8 Å². The molecule has 0 aliphatic carbocycles. The molecule has 1 rings (SSSR count). The molecule has 1 fully saturated rings. The molecule has 148 valence electrons. The Balaban J connectivity index is 1.77. The lowest BCUT2D eigenvalue weighted by molar-refractivity contribution is -0.143. The molecule has 2 atom stereocenters. The van der Waals surface area contributed by atoms with Crippen molar-refractivity contribution in [1.82, 2.24) is 0 Å². The number of hydrogen-bond donors (Lipinski definition) is 0. The number of hydrogen-bond acceptors (Lipinski definition) is 3. The van der Waals surface area contributed by atoms with E-state index in [1.807, 2.05) is 0 Å². The van der Waals surface area contributed by atoms with Crippen LogP contribution in [0.15, 0.2) is 0 Å². The zero-order valence-corrected chi connectivity index (χ0v) is 17.7. The summed E-state index contributed by atoms with van der Waals surface area (Å²) < 4.78 is 5.18. The van der Waals surface area contributed by atoms with Gasteiger partial charge in [0.1, 0.15) is 0 Å². The second-order valence-corrected chi connectivity index (χ2v) is 9.13. The molecule has 25 heavy (non-hydrogen) atoms. The van der Waals surface area contributed by atoms with E-state index in [1.165, 1.54) is 77.0 Å². The Bertz CT molecular complexity index is 319. The lowest BCUT2D eigenvalue weighted by atomic mass is 10.0. The molecule has 2 nitrogen and oxygen atoms in total. The summed E-state index contributed by atoms with van der Waals surface area (Å²) in [7, 11) is 0. The molecular weight excluding hydrogens is 328 g/mol. The molecule has 0 N–H and O–H groups in total. The quantitative estimate of drug-likeness (QED) is 0.144. The first-order valence-electron chi connectivity index (χ1n) is 11.1. The van der Waals surface area contributed by atoms with Crippen molar-refractivity contribution < 1.29 is 9.53 Å². The van der Waals surface area contributed by atoms with Gasteiger partial charge in [0.2, 0.25) is 0 Å². The second kappa shape index (κ2) is 16.0. The summed E-state index contributed by atoms with van der Waals surface area (Å²) in [6.07, 6.45) is 20.3. The maximum absolute atomic E-state index is 11.5. The Kier molecular flexibility index (Phi) is 14.7. The molecular formula is C22H42O2S. The number of rotatable bonds is 18. The third kappa shape index (κ3) is 13.7. The summed E-state index contributed by atoms with van der Waals surface area (Å²) in [5.41, 5.74) is 0. The molecule has 0 amide bonds. The summed E-state index contributed by atoms with van der Waals surface area (Å²) in [5, 5.41) is 1.97. The topological polar surface area (TPSA) is 26.3 Å². The van der Waals surface area contributed by atoms with Gasteiger partial charge in [-0.3, -0.25) is 4.79 Å². The van der Waals surface area contributed by atoms with Crippen LogP contribution in [-0.4, -0.2) is 23.1 Å². The van der Waals surface area contributed by atoms with E-state index < -0.39 is 0 Å². The van der Waals surface area contributed by atoms with Crippen LogP contribution in [0.25, 0.3) is 0 Å². The molecule has 2 unspecified atom stereocenters. The van der Waals surface area contributed by atoms with Gasteiger partial charge >= 0.3 is 5.97 Å². The van der Waals surface area contributed by atoms with Gasteiger partial charge in [-0.25, -0.2) is 0 Å². The highest BCUT2D eigenvalue weighted by atomic mass is 32.2. The maximum atomic E-state index is 11.5. The van der Waals surface area contributed by atoms with Crippen LogP contribution in [-0.2, 0) is 9.53 Å². The molecule has 0 spiro atoms. The predicted molar refractivity (Wildman–Crippen MR) is 111 cm³/mol. The average molecular weight is 371 g/mol. The molecule has 0 bridgehead atoms. The molecule has 3 heteroatoms. The Morgan fingerprint density at radius 1 is 0.720 bits per heavy atom. The molecule has 0 aromatic rings. The maximum Gasteiger partial charge on any atom is 0.305 e. The van der Waals surface area contributed by atoms with E-state index >= 15 is 0 Å². The first-order valence-corrected chi connectivity index (χ1v) is 12.0. The van der Waals surface area contributed by atoms with Crippen molar-refractivity contribution in [3.05, 3.63) is 0 Å². The fraction of sp³-hybridized carbons (Fsp3) is 0.955. The third-order valence-corrected chi connectivity index (χ3v) is 6.67. The van der Waals surface area contributed by atoms with E-state index in [4.69, 9.17) is 4.74 Å². The smallest absolute Gasteiger partial charge is 0.305 e. The standard InChI is InChI=1S/C22H42O2S/c1-3-5-7-8-10-13-16-20-21(25-20)17-14-11-9-12-15-18-22(23)24-19-6-4-2/h20-21H,3-19H2,1-2H3. The normalized spacial score (nSPS) is 19.1. The van der Waals surface area contributed by atoms with Crippen molar-refractivity contribution in [3.63, 3.8) is 0 Å². The molecule has 1 heterocycles. The van der Waals surface area contributed by atoms with E-state index in [-0.39, 0.29) is 5.97 Å². The van der Waals surface area contributed by atoms with Crippen molar-refractivity contribution in [2.45, 2.75) is 127 Å². The lowest BCUT2D eigenvalue weighted by Gasteiger charge is -2.04. The highest BCUT2D eigenvalue weighted by molar-refractivity contribution is 8.07. The van der Waals surface area contributed by atoms with Gasteiger partial charge in [0.25, 0.3) is 0 Å². The van der Waals surface area contributed by atoms with E-state index in [1.54, 1.807) is 0 Å². The summed E-state index contributed by atoms with van der Waals surface area (Å²) in [5.74, 6) is 0.000339. The van der Waals surface area contributed by atoms with E-state index in [0.29, 0.717) is 13.0 Å². The molecule has 1 saturated heterocycles. The van der Waals surface area contributed by atoms with Gasteiger partial charge in [0.15, 0.2) is 0 Å². The van der Waals surface area contributed by atoms with Crippen molar-refractivity contribution in [3.8, 4) is 0 Å². The van der Waals surface area contributed by atoms with Crippen LogP contribution in [0.2, 0.25) is 0 Å². The van der Waals surface area contributed by atoms with Crippen LogP contribution >= 0.6 is 11.8 Å². The van der Waals surface area contributed by atoms with Crippen LogP contribution < -0.4 is 0 Å². The van der Waals surface area contributed by atoms with Gasteiger partial charge in [-0.15, -0.1) is 0 Å². The minimum Gasteiger partial charge on any atom is -0.466 e. The van der Waals surface area contributed by atoms with E-state index in [9.17, 15) is 4.79 Å². The molecule has 0 aromatic carbocycles. The Hall–Kier alpha value is -0.180. The van der Waals surface area contributed by atoms with Crippen molar-refractivity contribution in [1.29, 1.82) is 0 Å². The monoisotopic (exact) mass is 370 g/mol. The second-order valence-electron chi connectivity index (χ2n) is 7.65. The summed E-state index contributed by atoms with van der Waals surface area (Å²) in [6, 6.07) is 0. The predicted octanol–water partition coefficient (Wildman–Crippen LogP) is 7.30. The van der Waals surface area contributed by atoms with Crippen LogP contribution in [0.5, 0.6) is 0 Å². The van der Waals surface area contributed by atoms with Gasteiger partial charge < -0.3 is 4.74 Å².